The second-order valence-electron chi connectivity index (χ2n) is 3.19. The van der Waals surface area contributed by atoms with Crippen LogP contribution < -0.4 is 10.8 Å². The molecule has 0 aromatic carbocycles. The van der Waals surface area contributed by atoms with E-state index in [0.717, 1.165) is 19.4 Å². The van der Waals surface area contributed by atoms with Crippen molar-refractivity contribution in [1.82, 2.24) is 10.8 Å². The van der Waals surface area contributed by atoms with Gasteiger partial charge in [-0.3, -0.25) is 9.63 Å². The van der Waals surface area contributed by atoms with E-state index in [2.05, 4.69) is 15.6 Å². The van der Waals surface area contributed by atoms with Crippen molar-refractivity contribution < 1.29 is 19.5 Å². The highest BCUT2D eigenvalue weighted by Crippen LogP contribution is 2.09. The van der Waals surface area contributed by atoms with Gasteiger partial charge in [-0.05, 0) is 19.4 Å². The van der Waals surface area contributed by atoms with Gasteiger partial charge in [0.15, 0.2) is 6.61 Å². The summed E-state index contributed by atoms with van der Waals surface area (Å²) >= 11 is 0. The molecule has 0 aromatic rings. The molecule has 3 N–H and O–H groups in total. The number of piperidine rings is 1. The predicted molar refractivity (Wildman–Crippen MR) is 47.3 cm³/mol. The maximum absolute atomic E-state index is 11.3. The number of carbonyl (C=O) groups excluding carboxylic acids is 1. The van der Waals surface area contributed by atoms with Crippen molar-refractivity contribution >= 4 is 11.9 Å². The van der Waals surface area contributed by atoms with Crippen LogP contribution in [-0.2, 0) is 14.4 Å². The highest BCUT2D eigenvalue weighted by molar-refractivity contribution is 5.78. The summed E-state index contributed by atoms with van der Waals surface area (Å²) in [5.41, 5.74) is 2.12. The Bertz CT molecular complexity index is 213. The molecule has 0 spiro atoms. The van der Waals surface area contributed by atoms with E-state index < -0.39 is 12.6 Å². The summed E-state index contributed by atoms with van der Waals surface area (Å²) < 4.78 is 0. The number of hydroxylamine groups is 1. The number of hydrogen-bond acceptors (Lipinski definition) is 4. The van der Waals surface area contributed by atoms with Gasteiger partial charge < -0.3 is 10.4 Å². The van der Waals surface area contributed by atoms with Crippen LogP contribution in [0.2, 0.25) is 0 Å². The Labute approximate surface area is 81.6 Å². The molecular formula is C8H14N2O4. The zero-order chi connectivity index (χ0) is 10.4. The normalized spacial score (nSPS) is 21.6. The number of aliphatic carboxylic acids is 1. The van der Waals surface area contributed by atoms with Crippen LogP contribution in [0, 0.1) is 5.92 Å². The molecule has 0 saturated carbocycles. The Morgan fingerprint density at radius 2 is 2.36 bits per heavy atom. The topological polar surface area (TPSA) is 87.7 Å². The Morgan fingerprint density at radius 1 is 1.57 bits per heavy atom. The summed E-state index contributed by atoms with van der Waals surface area (Å²) in [6, 6.07) is 0. The highest BCUT2D eigenvalue weighted by Gasteiger charge is 2.20. The quantitative estimate of drug-likeness (QED) is 0.515. The van der Waals surface area contributed by atoms with Crippen LogP contribution in [-0.4, -0.2) is 36.7 Å². The molecule has 1 atom stereocenters. The molecule has 1 aliphatic rings. The number of nitrogens with one attached hydrogen (secondary N) is 2. The number of carboxylic acid groups (broad SMARTS) is 1. The molecule has 1 amide bonds. The summed E-state index contributed by atoms with van der Waals surface area (Å²) in [4.78, 5) is 25.9. The lowest BCUT2D eigenvalue weighted by Gasteiger charge is -2.21. The van der Waals surface area contributed by atoms with Gasteiger partial charge in [0, 0.05) is 6.54 Å². The average Bonchev–Trinajstić information content (AvgIpc) is 2.18. The molecule has 6 heteroatoms. The maximum Gasteiger partial charge on any atom is 0.332 e. The van der Waals surface area contributed by atoms with Crippen LogP contribution in [0.25, 0.3) is 0 Å². The lowest BCUT2D eigenvalue weighted by Crippen LogP contribution is -2.41. The monoisotopic (exact) mass is 202 g/mol. The largest absolute Gasteiger partial charge is 0.479 e. The van der Waals surface area contributed by atoms with E-state index in [9.17, 15) is 9.59 Å². The van der Waals surface area contributed by atoms with Gasteiger partial charge in [0.05, 0.1) is 5.92 Å². The molecule has 0 radical (unpaired) electrons. The fourth-order valence-corrected chi connectivity index (χ4v) is 1.33. The molecular weight excluding hydrogens is 188 g/mol. The minimum Gasteiger partial charge on any atom is -0.479 e. The summed E-state index contributed by atoms with van der Waals surface area (Å²) in [6.07, 6.45) is 1.77. The predicted octanol–water partition coefficient (Wildman–Crippen LogP) is -0.882. The minimum atomic E-state index is -1.10. The zero-order valence-electron chi connectivity index (χ0n) is 7.78. The molecule has 1 aliphatic heterocycles. The highest BCUT2D eigenvalue weighted by atomic mass is 16.7. The van der Waals surface area contributed by atoms with Crippen molar-refractivity contribution in [3.05, 3.63) is 0 Å². The Hall–Kier alpha value is -1.14. The van der Waals surface area contributed by atoms with Gasteiger partial charge >= 0.3 is 5.97 Å². The molecule has 1 fully saturated rings. The lowest BCUT2D eigenvalue weighted by molar-refractivity contribution is -0.150. The van der Waals surface area contributed by atoms with Gasteiger partial charge in [-0.1, -0.05) is 0 Å². The van der Waals surface area contributed by atoms with E-state index in [1.54, 1.807) is 0 Å². The van der Waals surface area contributed by atoms with Crippen LogP contribution in [0.4, 0.5) is 0 Å². The van der Waals surface area contributed by atoms with Crippen molar-refractivity contribution in [2.75, 3.05) is 19.7 Å². The van der Waals surface area contributed by atoms with Crippen molar-refractivity contribution in [2.45, 2.75) is 12.8 Å². The zero-order valence-corrected chi connectivity index (χ0v) is 7.78. The molecule has 0 aromatic heterocycles. The fraction of sp³-hybridized carbons (Fsp3) is 0.750. The first kappa shape index (κ1) is 10.9. The van der Waals surface area contributed by atoms with Crippen molar-refractivity contribution in [1.29, 1.82) is 0 Å². The van der Waals surface area contributed by atoms with Gasteiger partial charge in [0.25, 0.3) is 0 Å². The van der Waals surface area contributed by atoms with Gasteiger partial charge in [-0.2, -0.15) is 0 Å². The second-order valence-corrected chi connectivity index (χ2v) is 3.19. The molecule has 1 rings (SSSR count). The van der Waals surface area contributed by atoms with E-state index in [1.165, 1.54) is 0 Å². The summed E-state index contributed by atoms with van der Waals surface area (Å²) in [6.45, 7) is 1.05. The number of carboxylic acids is 1. The van der Waals surface area contributed by atoms with E-state index >= 15 is 0 Å². The van der Waals surface area contributed by atoms with Crippen LogP contribution >= 0.6 is 0 Å². The van der Waals surface area contributed by atoms with Crippen molar-refractivity contribution in [3.8, 4) is 0 Å². The summed E-state index contributed by atoms with van der Waals surface area (Å²) in [5.74, 6) is -1.47. The summed E-state index contributed by atoms with van der Waals surface area (Å²) in [5, 5.41) is 11.3. The third-order valence-electron chi connectivity index (χ3n) is 2.04. The van der Waals surface area contributed by atoms with Gasteiger partial charge in [0.2, 0.25) is 5.91 Å². The molecule has 0 bridgehead atoms. The van der Waals surface area contributed by atoms with Crippen molar-refractivity contribution in [2.24, 2.45) is 5.92 Å². The molecule has 1 heterocycles. The van der Waals surface area contributed by atoms with E-state index in [1.807, 2.05) is 0 Å². The molecule has 0 aliphatic carbocycles. The van der Waals surface area contributed by atoms with E-state index in [4.69, 9.17) is 5.11 Å². The Kier molecular flexibility index (Phi) is 4.34. The van der Waals surface area contributed by atoms with Crippen LogP contribution in [0.3, 0.4) is 0 Å². The third-order valence-corrected chi connectivity index (χ3v) is 2.04. The summed E-state index contributed by atoms with van der Waals surface area (Å²) in [7, 11) is 0. The molecule has 14 heavy (non-hydrogen) atoms. The Balaban J connectivity index is 2.16. The SMILES string of the molecule is O=C(O)CONC(=O)C1CCCNC1. The van der Waals surface area contributed by atoms with Crippen LogP contribution in [0.5, 0.6) is 0 Å². The minimum absolute atomic E-state index is 0.113. The average molecular weight is 202 g/mol. The fourth-order valence-electron chi connectivity index (χ4n) is 1.33. The first-order chi connectivity index (χ1) is 6.70. The number of amides is 1. The maximum atomic E-state index is 11.3. The van der Waals surface area contributed by atoms with Gasteiger partial charge in [-0.25, -0.2) is 10.3 Å². The van der Waals surface area contributed by atoms with Gasteiger partial charge in [0.1, 0.15) is 0 Å². The van der Waals surface area contributed by atoms with Gasteiger partial charge in [-0.15, -0.1) is 0 Å². The Morgan fingerprint density at radius 3 is 2.93 bits per heavy atom. The van der Waals surface area contributed by atoms with Crippen molar-refractivity contribution in [3.63, 3.8) is 0 Å². The molecule has 6 nitrogen and oxygen atoms in total. The number of carbonyl (C=O) groups is 2. The molecule has 80 valence electrons. The smallest absolute Gasteiger partial charge is 0.332 e. The van der Waals surface area contributed by atoms with E-state index in [0.29, 0.717) is 6.54 Å². The molecule has 1 saturated heterocycles. The first-order valence-electron chi connectivity index (χ1n) is 4.54. The van der Waals surface area contributed by atoms with Crippen LogP contribution in [0.1, 0.15) is 12.8 Å². The van der Waals surface area contributed by atoms with E-state index in [-0.39, 0.29) is 11.8 Å². The second kappa shape index (κ2) is 5.56. The number of hydrogen-bond donors (Lipinski definition) is 3. The molecule has 1 unspecified atom stereocenters. The number of rotatable bonds is 4. The third kappa shape index (κ3) is 3.71. The standard InChI is InChI=1S/C8H14N2O4/c11-7(12)5-14-10-8(13)6-2-1-3-9-4-6/h6,9H,1-5H2,(H,10,13)(H,11,12). The lowest BCUT2D eigenvalue weighted by atomic mass is 9.99. The van der Waals surface area contributed by atoms with Crippen LogP contribution in [0.15, 0.2) is 0 Å². The first-order valence-corrected chi connectivity index (χ1v) is 4.54.